The maximum atomic E-state index is 12.5. The molecule has 0 N–H and O–H groups in total. The molecule has 0 unspecified atom stereocenters. The minimum Gasteiger partial charge on any atom is -0.493 e. The zero-order chi connectivity index (χ0) is 17.9. The van der Waals surface area contributed by atoms with E-state index < -0.39 is 0 Å². The largest absolute Gasteiger partial charge is 0.493 e. The number of ether oxygens (including phenoxy) is 2. The van der Waals surface area contributed by atoms with Gasteiger partial charge in [-0.05, 0) is 17.7 Å². The monoisotopic (exact) mass is 341 g/mol. The van der Waals surface area contributed by atoms with Crippen LogP contribution in [-0.4, -0.2) is 37.0 Å². The van der Waals surface area contributed by atoms with Crippen LogP contribution in [0.4, 0.5) is 0 Å². The lowest BCUT2D eigenvalue weighted by molar-refractivity contribution is -0.142. The number of nitrogens with zero attached hydrogens (tertiary/aromatic N) is 1. The van der Waals surface area contributed by atoms with Gasteiger partial charge < -0.3 is 14.4 Å². The highest BCUT2D eigenvalue weighted by Gasteiger charge is 2.16. The lowest BCUT2D eigenvalue weighted by atomic mass is 10.2. The first kappa shape index (κ1) is 18.5. The average molecular weight is 341 g/mol. The van der Waals surface area contributed by atoms with Gasteiger partial charge in [-0.15, -0.1) is 0 Å². The van der Waals surface area contributed by atoms with Crippen molar-refractivity contribution < 1.29 is 19.1 Å². The number of carbonyl (C=O) groups is 2. The van der Waals surface area contributed by atoms with E-state index in [1.54, 1.807) is 4.90 Å². The highest BCUT2D eigenvalue weighted by Crippen LogP contribution is 2.11. The SMILES string of the molecule is COC(=O)CCN(Cc1ccccc1)C(=O)CCOc1ccccc1. The Morgan fingerprint density at radius 1 is 0.920 bits per heavy atom. The van der Waals surface area contributed by atoms with Gasteiger partial charge in [0.2, 0.25) is 5.91 Å². The third-order valence-electron chi connectivity index (χ3n) is 3.71. The average Bonchev–Trinajstić information content (AvgIpc) is 2.66. The second-order valence-corrected chi connectivity index (χ2v) is 5.54. The second kappa shape index (κ2) is 10.1. The predicted octanol–water partition coefficient (Wildman–Crippen LogP) is 3.05. The van der Waals surface area contributed by atoms with Gasteiger partial charge in [-0.3, -0.25) is 9.59 Å². The Morgan fingerprint density at radius 3 is 2.20 bits per heavy atom. The summed E-state index contributed by atoms with van der Waals surface area (Å²) in [5, 5.41) is 0. The molecule has 0 spiro atoms. The molecule has 0 bridgehead atoms. The Hall–Kier alpha value is -2.82. The van der Waals surface area contributed by atoms with Gasteiger partial charge in [-0.25, -0.2) is 0 Å². The Balaban J connectivity index is 1.90. The van der Waals surface area contributed by atoms with Gasteiger partial charge in [-0.2, -0.15) is 0 Å². The van der Waals surface area contributed by atoms with E-state index in [4.69, 9.17) is 4.74 Å². The Morgan fingerprint density at radius 2 is 1.56 bits per heavy atom. The molecular formula is C20H23NO4. The smallest absolute Gasteiger partial charge is 0.307 e. The first-order chi connectivity index (χ1) is 12.2. The molecule has 0 aromatic heterocycles. The molecule has 0 aliphatic heterocycles. The van der Waals surface area contributed by atoms with Crippen molar-refractivity contribution in [1.29, 1.82) is 0 Å². The molecule has 132 valence electrons. The summed E-state index contributed by atoms with van der Waals surface area (Å²) in [6, 6.07) is 19.1. The van der Waals surface area contributed by atoms with Gasteiger partial charge in [-0.1, -0.05) is 48.5 Å². The highest BCUT2D eigenvalue weighted by atomic mass is 16.5. The zero-order valence-electron chi connectivity index (χ0n) is 14.4. The van der Waals surface area contributed by atoms with E-state index in [0.29, 0.717) is 19.7 Å². The van der Waals surface area contributed by atoms with E-state index in [2.05, 4.69) is 4.74 Å². The maximum Gasteiger partial charge on any atom is 0.307 e. The van der Waals surface area contributed by atoms with Crippen LogP contribution >= 0.6 is 0 Å². The van der Waals surface area contributed by atoms with Crippen LogP contribution in [0.1, 0.15) is 18.4 Å². The molecule has 25 heavy (non-hydrogen) atoms. The van der Waals surface area contributed by atoms with E-state index in [9.17, 15) is 9.59 Å². The summed E-state index contributed by atoms with van der Waals surface area (Å²) < 4.78 is 10.3. The number of carbonyl (C=O) groups excluding carboxylic acids is 2. The molecule has 0 atom stereocenters. The summed E-state index contributed by atoms with van der Waals surface area (Å²) in [5.41, 5.74) is 1.02. The second-order valence-electron chi connectivity index (χ2n) is 5.54. The van der Waals surface area contributed by atoms with E-state index in [1.807, 2.05) is 60.7 Å². The lowest BCUT2D eigenvalue weighted by Gasteiger charge is -2.22. The number of rotatable bonds is 9. The van der Waals surface area contributed by atoms with E-state index in [-0.39, 0.29) is 24.7 Å². The summed E-state index contributed by atoms with van der Waals surface area (Å²) in [5.74, 6) is 0.356. The molecule has 0 aliphatic rings. The molecule has 0 saturated carbocycles. The molecule has 0 fully saturated rings. The van der Waals surface area contributed by atoms with Crippen LogP contribution in [0.2, 0.25) is 0 Å². The first-order valence-corrected chi connectivity index (χ1v) is 8.25. The normalized spacial score (nSPS) is 10.1. The fourth-order valence-electron chi connectivity index (χ4n) is 2.36. The van der Waals surface area contributed by atoms with Crippen molar-refractivity contribution in [1.82, 2.24) is 4.90 Å². The van der Waals surface area contributed by atoms with Crippen molar-refractivity contribution in [3.8, 4) is 5.75 Å². The minimum atomic E-state index is -0.327. The number of methoxy groups -OCH3 is 1. The van der Waals surface area contributed by atoms with Gasteiger partial charge >= 0.3 is 5.97 Å². The van der Waals surface area contributed by atoms with Crippen molar-refractivity contribution in [2.24, 2.45) is 0 Å². The maximum absolute atomic E-state index is 12.5. The van der Waals surface area contributed by atoms with Crippen LogP contribution < -0.4 is 4.74 Å². The summed E-state index contributed by atoms with van der Waals surface area (Å²) in [6.07, 6.45) is 0.428. The quantitative estimate of drug-likeness (QED) is 0.658. The standard InChI is InChI=1S/C20H23NO4/c1-24-20(23)12-14-21(16-17-8-4-2-5-9-17)19(22)13-15-25-18-10-6-3-7-11-18/h2-11H,12-16H2,1H3. The Kier molecular flexibility index (Phi) is 7.50. The van der Waals surface area contributed by atoms with Gasteiger partial charge in [0.25, 0.3) is 0 Å². The third kappa shape index (κ3) is 6.67. The summed E-state index contributed by atoms with van der Waals surface area (Å²) in [4.78, 5) is 25.6. The van der Waals surface area contributed by atoms with Crippen molar-refractivity contribution in [2.45, 2.75) is 19.4 Å². The van der Waals surface area contributed by atoms with Crippen LogP contribution in [-0.2, 0) is 20.9 Å². The Bertz CT molecular complexity index is 658. The molecule has 0 aliphatic carbocycles. The number of benzene rings is 2. The van der Waals surface area contributed by atoms with Gasteiger partial charge in [0, 0.05) is 13.1 Å². The first-order valence-electron chi connectivity index (χ1n) is 8.25. The summed E-state index contributed by atoms with van der Waals surface area (Å²) in [7, 11) is 1.35. The molecule has 0 saturated heterocycles. The van der Waals surface area contributed by atoms with Gasteiger partial charge in [0.15, 0.2) is 0 Å². The number of hydrogen-bond donors (Lipinski definition) is 0. The molecule has 5 heteroatoms. The summed E-state index contributed by atoms with van der Waals surface area (Å²) in [6.45, 7) is 1.08. The van der Waals surface area contributed by atoms with Crippen LogP contribution in [0.15, 0.2) is 60.7 Å². The van der Waals surface area contributed by atoms with E-state index >= 15 is 0 Å². The highest BCUT2D eigenvalue weighted by molar-refractivity contribution is 5.77. The van der Waals surface area contributed by atoms with Crippen LogP contribution in [0, 0.1) is 0 Å². The number of amides is 1. The molecule has 2 rings (SSSR count). The number of esters is 1. The van der Waals surface area contributed by atoms with Crippen molar-refractivity contribution in [2.75, 3.05) is 20.3 Å². The van der Waals surface area contributed by atoms with Crippen LogP contribution in [0.3, 0.4) is 0 Å². The molecule has 2 aromatic rings. The molecule has 0 heterocycles. The fourth-order valence-corrected chi connectivity index (χ4v) is 2.36. The van der Waals surface area contributed by atoms with E-state index in [1.165, 1.54) is 7.11 Å². The zero-order valence-corrected chi connectivity index (χ0v) is 14.4. The lowest BCUT2D eigenvalue weighted by Crippen LogP contribution is -2.33. The van der Waals surface area contributed by atoms with Crippen LogP contribution in [0.25, 0.3) is 0 Å². The minimum absolute atomic E-state index is 0.0521. The number of para-hydroxylation sites is 1. The van der Waals surface area contributed by atoms with Crippen LogP contribution in [0.5, 0.6) is 5.75 Å². The topological polar surface area (TPSA) is 55.8 Å². The Labute approximate surface area is 148 Å². The molecular weight excluding hydrogens is 318 g/mol. The van der Waals surface area contributed by atoms with Crippen molar-refractivity contribution >= 4 is 11.9 Å². The molecule has 5 nitrogen and oxygen atoms in total. The summed E-state index contributed by atoms with van der Waals surface area (Å²) >= 11 is 0. The fraction of sp³-hybridized carbons (Fsp3) is 0.300. The molecule has 0 radical (unpaired) electrons. The molecule has 2 aromatic carbocycles. The van der Waals surface area contributed by atoms with Crippen molar-refractivity contribution in [3.63, 3.8) is 0 Å². The van der Waals surface area contributed by atoms with Gasteiger partial charge in [0.05, 0.1) is 26.6 Å². The molecule has 1 amide bonds. The number of hydrogen-bond acceptors (Lipinski definition) is 4. The third-order valence-corrected chi connectivity index (χ3v) is 3.71. The van der Waals surface area contributed by atoms with E-state index in [0.717, 1.165) is 11.3 Å². The van der Waals surface area contributed by atoms with Gasteiger partial charge in [0.1, 0.15) is 5.75 Å². The van der Waals surface area contributed by atoms with Crippen molar-refractivity contribution in [3.05, 3.63) is 66.2 Å². The predicted molar refractivity (Wildman–Crippen MR) is 95.0 cm³/mol.